The van der Waals surface area contributed by atoms with Crippen LogP contribution in [0.2, 0.25) is 0 Å². The molecule has 0 aliphatic rings. The molecule has 0 aliphatic carbocycles. The molecule has 0 amide bonds. The zero-order valence-electron chi connectivity index (χ0n) is 13.1. The van der Waals surface area contributed by atoms with E-state index in [9.17, 15) is 4.79 Å². The molecule has 1 aromatic heterocycles. The van der Waals surface area contributed by atoms with Crippen molar-refractivity contribution >= 4 is 11.6 Å². The Bertz CT molecular complexity index is 683. The number of aromatic nitrogens is 2. The van der Waals surface area contributed by atoms with E-state index in [1.807, 2.05) is 12.1 Å². The first-order valence-electron chi connectivity index (χ1n) is 7.25. The molecule has 1 aromatic carbocycles. The standard InChI is InChI=1S/C16H21N3O3/c1-4-5-6-11-9-15(20)19-16(17-11)18-13-8-7-12(21-2)10-14(13)22-3/h7-10H,4-6H2,1-3H3,(H2,17,18,19,20). The molecule has 1 heterocycles. The molecule has 2 N–H and O–H groups in total. The van der Waals surface area contributed by atoms with Crippen molar-refractivity contribution in [3.8, 4) is 11.5 Å². The number of hydrogen-bond acceptors (Lipinski definition) is 5. The van der Waals surface area contributed by atoms with E-state index in [4.69, 9.17) is 9.47 Å². The Morgan fingerprint density at radius 3 is 2.73 bits per heavy atom. The number of methoxy groups -OCH3 is 2. The summed E-state index contributed by atoms with van der Waals surface area (Å²) in [5.41, 5.74) is 1.32. The molecular formula is C16H21N3O3. The predicted octanol–water partition coefficient (Wildman–Crippen LogP) is 2.87. The van der Waals surface area contributed by atoms with Crippen LogP contribution in [0.15, 0.2) is 29.1 Å². The molecule has 2 rings (SSSR count). The highest BCUT2D eigenvalue weighted by Gasteiger charge is 2.08. The average Bonchev–Trinajstić information content (AvgIpc) is 2.52. The van der Waals surface area contributed by atoms with Gasteiger partial charge in [0.1, 0.15) is 11.5 Å². The first-order chi connectivity index (χ1) is 10.7. The lowest BCUT2D eigenvalue weighted by atomic mass is 10.2. The Morgan fingerprint density at radius 2 is 2.05 bits per heavy atom. The number of aromatic amines is 1. The van der Waals surface area contributed by atoms with Crippen molar-refractivity contribution in [1.82, 2.24) is 9.97 Å². The number of unbranched alkanes of at least 4 members (excludes halogenated alkanes) is 1. The van der Waals surface area contributed by atoms with Crippen LogP contribution in [0.3, 0.4) is 0 Å². The van der Waals surface area contributed by atoms with Crippen LogP contribution in [0.25, 0.3) is 0 Å². The summed E-state index contributed by atoms with van der Waals surface area (Å²) in [5.74, 6) is 1.71. The quantitative estimate of drug-likeness (QED) is 0.822. The van der Waals surface area contributed by atoms with Crippen LogP contribution in [0.1, 0.15) is 25.5 Å². The van der Waals surface area contributed by atoms with Crippen LogP contribution >= 0.6 is 0 Å². The lowest BCUT2D eigenvalue weighted by Gasteiger charge is -2.12. The second kappa shape index (κ2) is 7.49. The minimum atomic E-state index is -0.170. The highest BCUT2D eigenvalue weighted by Crippen LogP contribution is 2.30. The molecule has 118 valence electrons. The summed E-state index contributed by atoms with van der Waals surface area (Å²) in [6.07, 6.45) is 2.85. The summed E-state index contributed by atoms with van der Waals surface area (Å²) in [6.45, 7) is 2.11. The lowest BCUT2D eigenvalue weighted by molar-refractivity contribution is 0.395. The molecule has 0 aliphatic heterocycles. The molecule has 0 atom stereocenters. The first kappa shape index (κ1) is 15.9. The third-order valence-corrected chi connectivity index (χ3v) is 3.24. The van der Waals surface area contributed by atoms with Gasteiger partial charge in [0.25, 0.3) is 5.56 Å². The molecule has 22 heavy (non-hydrogen) atoms. The monoisotopic (exact) mass is 303 g/mol. The number of ether oxygens (including phenoxy) is 2. The van der Waals surface area contributed by atoms with Crippen LogP contribution < -0.4 is 20.3 Å². The highest BCUT2D eigenvalue weighted by atomic mass is 16.5. The van der Waals surface area contributed by atoms with Gasteiger partial charge in [-0.25, -0.2) is 4.98 Å². The van der Waals surface area contributed by atoms with Crippen molar-refractivity contribution < 1.29 is 9.47 Å². The maximum absolute atomic E-state index is 11.7. The van der Waals surface area contributed by atoms with Crippen molar-refractivity contribution in [3.05, 3.63) is 40.3 Å². The number of anilines is 2. The minimum absolute atomic E-state index is 0.170. The van der Waals surface area contributed by atoms with Gasteiger partial charge in [0.15, 0.2) is 0 Å². The van der Waals surface area contributed by atoms with Gasteiger partial charge < -0.3 is 14.8 Å². The zero-order valence-corrected chi connectivity index (χ0v) is 13.1. The Kier molecular flexibility index (Phi) is 5.41. The average molecular weight is 303 g/mol. The van der Waals surface area contributed by atoms with Gasteiger partial charge in [-0.15, -0.1) is 0 Å². The number of hydrogen-bond donors (Lipinski definition) is 2. The maximum atomic E-state index is 11.7. The molecule has 0 saturated heterocycles. The molecule has 0 bridgehead atoms. The maximum Gasteiger partial charge on any atom is 0.252 e. The van der Waals surface area contributed by atoms with E-state index in [2.05, 4.69) is 22.2 Å². The molecule has 6 nitrogen and oxygen atoms in total. The summed E-state index contributed by atoms with van der Waals surface area (Å²) in [7, 11) is 3.17. The van der Waals surface area contributed by atoms with Crippen molar-refractivity contribution in [2.75, 3.05) is 19.5 Å². The van der Waals surface area contributed by atoms with E-state index < -0.39 is 0 Å². The van der Waals surface area contributed by atoms with E-state index in [0.29, 0.717) is 23.1 Å². The number of H-pyrrole nitrogens is 1. The number of aryl methyl sites for hydroxylation is 1. The third-order valence-electron chi connectivity index (χ3n) is 3.24. The van der Waals surface area contributed by atoms with Crippen LogP contribution in [0.4, 0.5) is 11.6 Å². The Labute approximate surface area is 129 Å². The second-order valence-corrected chi connectivity index (χ2v) is 4.88. The molecule has 0 saturated carbocycles. The third kappa shape index (κ3) is 4.00. The number of rotatable bonds is 7. The van der Waals surface area contributed by atoms with Crippen molar-refractivity contribution in [1.29, 1.82) is 0 Å². The smallest absolute Gasteiger partial charge is 0.252 e. The van der Waals surface area contributed by atoms with Gasteiger partial charge in [-0.3, -0.25) is 9.78 Å². The zero-order chi connectivity index (χ0) is 15.9. The van der Waals surface area contributed by atoms with Gasteiger partial charge >= 0.3 is 0 Å². The molecule has 0 unspecified atom stereocenters. The summed E-state index contributed by atoms with van der Waals surface area (Å²) in [6, 6.07) is 6.92. The van der Waals surface area contributed by atoms with E-state index >= 15 is 0 Å². The predicted molar refractivity (Wildman–Crippen MR) is 86.3 cm³/mol. The van der Waals surface area contributed by atoms with Crippen molar-refractivity contribution in [3.63, 3.8) is 0 Å². The van der Waals surface area contributed by atoms with Crippen LogP contribution in [-0.4, -0.2) is 24.2 Å². The van der Waals surface area contributed by atoms with Gasteiger partial charge in [-0.2, -0.15) is 0 Å². The van der Waals surface area contributed by atoms with E-state index in [-0.39, 0.29) is 5.56 Å². The van der Waals surface area contributed by atoms with E-state index in [1.165, 1.54) is 6.07 Å². The minimum Gasteiger partial charge on any atom is -0.497 e. The SMILES string of the molecule is CCCCc1cc(=O)[nH]c(Nc2ccc(OC)cc2OC)n1. The number of nitrogens with zero attached hydrogens (tertiary/aromatic N) is 1. The van der Waals surface area contributed by atoms with Crippen LogP contribution in [0, 0.1) is 0 Å². The normalized spacial score (nSPS) is 10.3. The summed E-state index contributed by atoms with van der Waals surface area (Å²) in [4.78, 5) is 18.9. The fourth-order valence-electron chi connectivity index (χ4n) is 2.08. The van der Waals surface area contributed by atoms with Crippen LogP contribution in [-0.2, 0) is 6.42 Å². The van der Waals surface area contributed by atoms with E-state index in [0.717, 1.165) is 25.0 Å². The molecular weight excluding hydrogens is 282 g/mol. The van der Waals surface area contributed by atoms with Gasteiger partial charge in [0.05, 0.1) is 19.9 Å². The van der Waals surface area contributed by atoms with Crippen molar-refractivity contribution in [2.24, 2.45) is 0 Å². The first-order valence-corrected chi connectivity index (χ1v) is 7.25. The number of nitrogens with one attached hydrogen (secondary N) is 2. The fraction of sp³-hybridized carbons (Fsp3) is 0.375. The molecule has 0 fully saturated rings. The van der Waals surface area contributed by atoms with Crippen LogP contribution in [0.5, 0.6) is 11.5 Å². The molecule has 0 spiro atoms. The van der Waals surface area contributed by atoms with Gasteiger partial charge in [0, 0.05) is 17.8 Å². The van der Waals surface area contributed by atoms with E-state index in [1.54, 1.807) is 20.3 Å². The summed E-state index contributed by atoms with van der Waals surface area (Å²) in [5, 5.41) is 3.09. The largest absolute Gasteiger partial charge is 0.497 e. The molecule has 2 aromatic rings. The molecule has 6 heteroatoms. The lowest BCUT2D eigenvalue weighted by Crippen LogP contribution is -2.12. The highest BCUT2D eigenvalue weighted by molar-refractivity contribution is 5.64. The molecule has 0 radical (unpaired) electrons. The Hall–Kier alpha value is -2.50. The fourth-order valence-corrected chi connectivity index (χ4v) is 2.08. The Balaban J connectivity index is 2.26. The topological polar surface area (TPSA) is 76.2 Å². The van der Waals surface area contributed by atoms with Gasteiger partial charge in [-0.05, 0) is 25.0 Å². The van der Waals surface area contributed by atoms with Crippen molar-refractivity contribution in [2.45, 2.75) is 26.2 Å². The number of benzene rings is 1. The second-order valence-electron chi connectivity index (χ2n) is 4.88. The summed E-state index contributed by atoms with van der Waals surface area (Å²) < 4.78 is 10.5. The van der Waals surface area contributed by atoms with Gasteiger partial charge in [0.2, 0.25) is 5.95 Å². The Morgan fingerprint density at radius 1 is 1.23 bits per heavy atom. The van der Waals surface area contributed by atoms with Gasteiger partial charge in [-0.1, -0.05) is 13.3 Å². The summed E-state index contributed by atoms with van der Waals surface area (Å²) >= 11 is 0.